The lowest BCUT2D eigenvalue weighted by Gasteiger charge is -2.43. The molecule has 0 fully saturated rings. The number of amides is 1. The normalized spacial score (nSPS) is 15.1. The van der Waals surface area contributed by atoms with Crippen LogP contribution in [0.25, 0.3) is 16.5 Å². The van der Waals surface area contributed by atoms with Crippen molar-refractivity contribution >= 4 is 34.4 Å². The van der Waals surface area contributed by atoms with Crippen LogP contribution in [0.4, 0.5) is 5.69 Å². The van der Waals surface area contributed by atoms with Crippen molar-refractivity contribution in [3.63, 3.8) is 0 Å². The van der Waals surface area contributed by atoms with Gasteiger partial charge in [-0.25, -0.2) is 5.43 Å². The molecular formula is C26H29N3O3. The maximum Gasteiger partial charge on any atom is 0.307 e. The summed E-state index contributed by atoms with van der Waals surface area (Å²) in [5.74, 6) is 0.357. The number of anilines is 1. The zero-order valence-corrected chi connectivity index (χ0v) is 19.4. The fourth-order valence-electron chi connectivity index (χ4n) is 4.49. The lowest BCUT2D eigenvalue weighted by molar-refractivity contribution is 0.0929. The van der Waals surface area contributed by atoms with Crippen LogP contribution in [0, 0.1) is 6.92 Å². The molecule has 1 N–H and O–H groups in total. The summed E-state index contributed by atoms with van der Waals surface area (Å²) in [5.41, 5.74) is 8.79. The summed E-state index contributed by atoms with van der Waals surface area (Å²) in [6, 6.07) is 11.5. The first kappa shape index (κ1) is 21.7. The van der Waals surface area contributed by atoms with Crippen molar-refractivity contribution in [1.82, 2.24) is 5.43 Å². The van der Waals surface area contributed by atoms with Gasteiger partial charge in [-0.3, -0.25) is 4.79 Å². The highest BCUT2D eigenvalue weighted by molar-refractivity contribution is 5.98. The van der Waals surface area contributed by atoms with Crippen LogP contribution in [0.1, 0.15) is 54.9 Å². The third kappa shape index (κ3) is 3.77. The molecule has 166 valence electrons. The fourth-order valence-corrected chi connectivity index (χ4v) is 4.49. The minimum absolute atomic E-state index is 0.0306. The molecule has 6 heteroatoms. The van der Waals surface area contributed by atoms with E-state index < -0.39 is 5.91 Å². The third-order valence-electron chi connectivity index (χ3n) is 6.00. The van der Waals surface area contributed by atoms with E-state index in [2.05, 4.69) is 68.3 Å². The minimum atomic E-state index is -0.412. The van der Waals surface area contributed by atoms with Crippen molar-refractivity contribution < 1.29 is 13.9 Å². The number of rotatable bonds is 5. The largest absolute Gasteiger partial charge is 0.493 e. The van der Waals surface area contributed by atoms with Crippen LogP contribution in [0.3, 0.4) is 0 Å². The van der Waals surface area contributed by atoms with E-state index in [-0.39, 0.29) is 11.3 Å². The van der Waals surface area contributed by atoms with Gasteiger partial charge in [-0.05, 0) is 75.6 Å². The van der Waals surface area contributed by atoms with E-state index in [0.717, 1.165) is 23.1 Å². The van der Waals surface area contributed by atoms with Crippen molar-refractivity contribution in [2.45, 2.75) is 40.2 Å². The number of carbonyl (C=O) groups is 1. The van der Waals surface area contributed by atoms with Crippen molar-refractivity contribution in [3.8, 4) is 5.75 Å². The third-order valence-corrected chi connectivity index (χ3v) is 6.00. The molecule has 1 aliphatic rings. The van der Waals surface area contributed by atoms with Gasteiger partial charge >= 0.3 is 5.91 Å². The Hall–Kier alpha value is -3.54. The zero-order valence-electron chi connectivity index (χ0n) is 19.4. The summed E-state index contributed by atoms with van der Waals surface area (Å²) >= 11 is 0. The maximum atomic E-state index is 12.6. The van der Waals surface area contributed by atoms with Crippen molar-refractivity contribution in [2.75, 3.05) is 18.6 Å². The van der Waals surface area contributed by atoms with Crippen LogP contribution in [0.15, 0.2) is 52.0 Å². The molecule has 1 aliphatic heterocycles. The van der Waals surface area contributed by atoms with Crippen LogP contribution in [-0.4, -0.2) is 31.3 Å². The average molecular weight is 432 g/mol. The first-order valence-electron chi connectivity index (χ1n) is 10.8. The fraction of sp³-hybridized carbons (Fsp3) is 0.308. The number of fused-ring (bicyclic) bond motifs is 2. The monoisotopic (exact) mass is 431 g/mol. The molecule has 0 aliphatic carbocycles. The molecule has 0 radical (unpaired) electrons. The summed E-state index contributed by atoms with van der Waals surface area (Å²) in [5, 5.41) is 4.99. The quantitative estimate of drug-likeness (QED) is 0.426. The van der Waals surface area contributed by atoms with Crippen LogP contribution in [-0.2, 0) is 0 Å². The predicted molar refractivity (Wildman–Crippen MR) is 130 cm³/mol. The molecular weight excluding hydrogens is 402 g/mol. The number of hydrogen-bond acceptors (Lipinski definition) is 5. The molecule has 4 rings (SSSR count). The number of methoxy groups -OCH3 is 1. The molecule has 1 aromatic heterocycles. The van der Waals surface area contributed by atoms with E-state index in [1.807, 2.05) is 12.1 Å². The molecule has 32 heavy (non-hydrogen) atoms. The van der Waals surface area contributed by atoms with E-state index in [4.69, 9.17) is 9.15 Å². The Kier molecular flexibility index (Phi) is 5.55. The van der Waals surface area contributed by atoms with E-state index in [9.17, 15) is 4.79 Å². The average Bonchev–Trinajstić information content (AvgIpc) is 3.18. The van der Waals surface area contributed by atoms with Gasteiger partial charge in [-0.15, -0.1) is 0 Å². The zero-order chi connectivity index (χ0) is 23.0. The molecule has 0 saturated heterocycles. The van der Waals surface area contributed by atoms with Gasteiger partial charge in [0.1, 0.15) is 0 Å². The number of aryl methyl sites for hydroxylation is 1. The Balaban J connectivity index is 1.57. The highest BCUT2D eigenvalue weighted by Gasteiger charge is 2.30. The molecule has 6 nitrogen and oxygen atoms in total. The molecule has 0 saturated carbocycles. The number of carbonyl (C=O) groups excluding carboxylic acids is 1. The van der Waals surface area contributed by atoms with Crippen LogP contribution in [0.2, 0.25) is 0 Å². The van der Waals surface area contributed by atoms with E-state index in [1.165, 1.54) is 16.8 Å². The van der Waals surface area contributed by atoms with Crippen molar-refractivity contribution in [2.24, 2.45) is 5.10 Å². The summed E-state index contributed by atoms with van der Waals surface area (Å²) in [6.07, 6.45) is 3.98. The summed E-state index contributed by atoms with van der Waals surface area (Å²) in [6.45, 7) is 11.8. The van der Waals surface area contributed by atoms with E-state index in [1.54, 1.807) is 25.5 Å². The van der Waals surface area contributed by atoms with Crippen LogP contribution in [0.5, 0.6) is 5.75 Å². The van der Waals surface area contributed by atoms with Gasteiger partial charge < -0.3 is 14.1 Å². The molecule has 0 spiro atoms. The smallest absolute Gasteiger partial charge is 0.307 e. The van der Waals surface area contributed by atoms with Gasteiger partial charge in [0, 0.05) is 23.2 Å². The van der Waals surface area contributed by atoms with Gasteiger partial charge in [0.25, 0.3) is 0 Å². The Labute approximate surface area is 188 Å². The van der Waals surface area contributed by atoms with Gasteiger partial charge in [-0.1, -0.05) is 18.2 Å². The topological polar surface area (TPSA) is 67.1 Å². The first-order valence-corrected chi connectivity index (χ1v) is 10.8. The van der Waals surface area contributed by atoms with E-state index in [0.29, 0.717) is 11.3 Å². The maximum absolute atomic E-state index is 12.6. The highest BCUT2D eigenvalue weighted by Crippen LogP contribution is 2.39. The summed E-state index contributed by atoms with van der Waals surface area (Å²) in [7, 11) is 1.57. The number of nitrogens with one attached hydrogen (secondary N) is 1. The van der Waals surface area contributed by atoms with Gasteiger partial charge in [0.05, 0.1) is 18.9 Å². The minimum Gasteiger partial charge on any atom is -0.493 e. The number of allylic oxidation sites excluding steroid dienone is 1. The second-order valence-electron chi connectivity index (χ2n) is 8.64. The molecule has 0 unspecified atom stereocenters. The number of nitrogens with zero attached hydrogens (tertiary/aromatic N) is 2. The Bertz CT molecular complexity index is 1250. The lowest BCUT2D eigenvalue weighted by Crippen LogP contribution is -2.45. The van der Waals surface area contributed by atoms with E-state index >= 15 is 0 Å². The summed E-state index contributed by atoms with van der Waals surface area (Å²) in [4.78, 5) is 15.0. The van der Waals surface area contributed by atoms with Crippen LogP contribution < -0.4 is 15.1 Å². The van der Waals surface area contributed by atoms with Crippen LogP contribution >= 0.6 is 0 Å². The van der Waals surface area contributed by atoms with Gasteiger partial charge in [0.15, 0.2) is 17.1 Å². The number of benzene rings is 2. The summed E-state index contributed by atoms with van der Waals surface area (Å²) < 4.78 is 11.0. The first-order chi connectivity index (χ1) is 15.2. The molecule has 2 heterocycles. The SMILES string of the molecule is CCN1c2cc(C)c(/C=N\NC(=O)c3cc4cccc(OC)c4o3)cc2C(C)=CC1(C)C. The molecule has 0 bridgehead atoms. The van der Waals surface area contributed by atoms with Gasteiger partial charge in [-0.2, -0.15) is 5.10 Å². The Morgan fingerprint density at radius 3 is 2.75 bits per heavy atom. The number of ether oxygens (including phenoxy) is 1. The van der Waals surface area contributed by atoms with Crippen molar-refractivity contribution in [3.05, 3.63) is 64.9 Å². The Morgan fingerprint density at radius 1 is 1.25 bits per heavy atom. The molecule has 1 amide bonds. The highest BCUT2D eigenvalue weighted by atomic mass is 16.5. The second-order valence-corrected chi connectivity index (χ2v) is 8.64. The number of hydrazone groups is 1. The molecule has 2 aromatic carbocycles. The number of likely N-dealkylation sites (N-methyl/N-ethyl adjacent to an activating group) is 1. The lowest BCUT2D eigenvalue weighted by atomic mass is 9.87. The molecule has 3 aromatic rings. The number of para-hydroxylation sites is 1. The van der Waals surface area contributed by atoms with Crippen molar-refractivity contribution in [1.29, 1.82) is 0 Å². The molecule has 0 atom stereocenters. The van der Waals surface area contributed by atoms with Gasteiger partial charge in [0.2, 0.25) is 0 Å². The Morgan fingerprint density at radius 2 is 2.03 bits per heavy atom. The predicted octanol–water partition coefficient (Wildman–Crippen LogP) is 5.54. The second kappa shape index (κ2) is 8.19. The number of furan rings is 1. The number of hydrogen-bond donors (Lipinski definition) is 1. The standard InChI is InChI=1S/C26H29N3O3/c1-7-29-21-11-16(2)19(12-20(21)17(3)14-26(29,4)5)15-27-28-25(30)23-13-18-9-8-10-22(31-6)24(18)32-23/h8-15H,7H2,1-6H3,(H,28,30)/b27-15-.